The number of methoxy groups -OCH3 is 1. The summed E-state index contributed by atoms with van der Waals surface area (Å²) >= 11 is 3.49. The third-order valence-electron chi connectivity index (χ3n) is 4.76. The summed E-state index contributed by atoms with van der Waals surface area (Å²) in [6.07, 6.45) is 3.17. The normalized spacial score (nSPS) is 11.1. The van der Waals surface area contributed by atoms with E-state index in [4.69, 9.17) is 9.47 Å². The first-order chi connectivity index (χ1) is 15.5. The molecule has 6 nitrogen and oxygen atoms in total. The van der Waals surface area contributed by atoms with Crippen LogP contribution < -0.4 is 14.9 Å². The Labute approximate surface area is 192 Å². The second-order valence-corrected chi connectivity index (χ2v) is 7.75. The lowest BCUT2D eigenvalue weighted by molar-refractivity contribution is 0.0957. The van der Waals surface area contributed by atoms with Gasteiger partial charge in [0.2, 0.25) is 0 Å². The first-order valence-corrected chi connectivity index (χ1v) is 10.5. The van der Waals surface area contributed by atoms with Gasteiger partial charge >= 0.3 is 0 Å². The fraction of sp³-hybridized carbons (Fsp3) is 0.0833. The predicted octanol–water partition coefficient (Wildman–Crippen LogP) is 5.42. The summed E-state index contributed by atoms with van der Waals surface area (Å²) in [5.74, 6) is 0.389. The number of amides is 1. The molecule has 0 saturated carbocycles. The number of aromatic nitrogens is 1. The maximum atomic E-state index is 13.1. The van der Waals surface area contributed by atoms with Crippen LogP contribution in [0.2, 0.25) is 0 Å². The number of halogens is 2. The van der Waals surface area contributed by atoms with Gasteiger partial charge in [0.25, 0.3) is 5.91 Å². The average molecular weight is 496 g/mol. The van der Waals surface area contributed by atoms with Crippen LogP contribution in [0.3, 0.4) is 0 Å². The minimum atomic E-state index is -0.316. The zero-order valence-electron chi connectivity index (χ0n) is 17.1. The van der Waals surface area contributed by atoms with Crippen LogP contribution in [-0.2, 0) is 6.61 Å². The SMILES string of the molecule is COc1cc(/C=N/NC(=O)c2c[nH]c3ccccc23)cc(Br)c1OCc1ccc(F)cc1. The van der Waals surface area contributed by atoms with E-state index in [1.165, 1.54) is 25.5 Å². The smallest absolute Gasteiger partial charge is 0.273 e. The third-order valence-corrected chi connectivity index (χ3v) is 5.35. The minimum absolute atomic E-state index is 0.253. The van der Waals surface area contributed by atoms with Crippen molar-refractivity contribution in [2.75, 3.05) is 7.11 Å². The number of carbonyl (C=O) groups is 1. The number of hydrazone groups is 1. The zero-order chi connectivity index (χ0) is 22.5. The number of nitrogens with one attached hydrogen (secondary N) is 2. The van der Waals surface area contributed by atoms with Gasteiger partial charge in [-0.25, -0.2) is 9.82 Å². The van der Waals surface area contributed by atoms with Gasteiger partial charge < -0.3 is 14.5 Å². The van der Waals surface area contributed by atoms with E-state index in [9.17, 15) is 9.18 Å². The maximum Gasteiger partial charge on any atom is 0.273 e. The topological polar surface area (TPSA) is 75.7 Å². The van der Waals surface area contributed by atoms with Gasteiger partial charge in [0.15, 0.2) is 11.5 Å². The highest BCUT2D eigenvalue weighted by Gasteiger charge is 2.13. The molecule has 1 amide bonds. The number of aromatic amines is 1. The van der Waals surface area contributed by atoms with Crippen LogP contribution in [0.15, 0.2) is 76.4 Å². The van der Waals surface area contributed by atoms with E-state index in [1.807, 2.05) is 24.3 Å². The number of ether oxygens (including phenoxy) is 2. The Morgan fingerprint density at radius 1 is 1.19 bits per heavy atom. The fourth-order valence-corrected chi connectivity index (χ4v) is 3.75. The van der Waals surface area contributed by atoms with Gasteiger partial charge in [0, 0.05) is 17.1 Å². The van der Waals surface area contributed by atoms with Crippen LogP contribution in [0.1, 0.15) is 21.5 Å². The molecule has 0 spiro atoms. The van der Waals surface area contributed by atoms with E-state index in [0.29, 0.717) is 27.1 Å². The van der Waals surface area contributed by atoms with Gasteiger partial charge in [-0.1, -0.05) is 30.3 Å². The van der Waals surface area contributed by atoms with Crippen molar-refractivity contribution >= 4 is 39.0 Å². The summed E-state index contributed by atoms with van der Waals surface area (Å²) in [6.45, 7) is 0.253. The molecular formula is C24H19BrFN3O3. The monoisotopic (exact) mass is 495 g/mol. The largest absolute Gasteiger partial charge is 0.493 e. The summed E-state index contributed by atoms with van der Waals surface area (Å²) in [7, 11) is 1.53. The number of nitrogens with zero attached hydrogens (tertiary/aromatic N) is 1. The van der Waals surface area contributed by atoms with Crippen LogP contribution in [0, 0.1) is 5.82 Å². The Bertz CT molecular complexity index is 1290. The van der Waals surface area contributed by atoms with E-state index in [1.54, 1.807) is 30.5 Å². The Balaban J connectivity index is 1.45. The van der Waals surface area contributed by atoms with Crippen molar-refractivity contribution in [2.45, 2.75) is 6.61 Å². The molecule has 0 fully saturated rings. The second-order valence-electron chi connectivity index (χ2n) is 6.90. The highest BCUT2D eigenvalue weighted by molar-refractivity contribution is 9.10. The summed E-state index contributed by atoms with van der Waals surface area (Å²) in [4.78, 5) is 15.5. The minimum Gasteiger partial charge on any atom is -0.493 e. The Morgan fingerprint density at radius 2 is 1.97 bits per heavy atom. The molecule has 4 rings (SSSR count). The Morgan fingerprint density at radius 3 is 2.75 bits per heavy atom. The third kappa shape index (κ3) is 4.81. The lowest BCUT2D eigenvalue weighted by Crippen LogP contribution is -2.17. The number of carbonyl (C=O) groups excluding carboxylic acids is 1. The van der Waals surface area contributed by atoms with E-state index in [-0.39, 0.29) is 18.3 Å². The summed E-state index contributed by atoms with van der Waals surface area (Å²) in [5.41, 5.74) is 5.46. The molecule has 3 aromatic carbocycles. The predicted molar refractivity (Wildman–Crippen MR) is 125 cm³/mol. The van der Waals surface area contributed by atoms with Crippen molar-refractivity contribution in [1.29, 1.82) is 0 Å². The molecule has 4 aromatic rings. The van der Waals surface area contributed by atoms with Crippen molar-refractivity contribution in [3.63, 3.8) is 0 Å². The summed E-state index contributed by atoms with van der Waals surface area (Å²) in [5, 5.41) is 4.89. The molecule has 0 aliphatic rings. The van der Waals surface area contributed by atoms with Crippen molar-refractivity contribution in [3.8, 4) is 11.5 Å². The summed E-state index contributed by atoms with van der Waals surface area (Å²) in [6, 6.07) is 17.2. The van der Waals surface area contributed by atoms with Crippen LogP contribution >= 0.6 is 15.9 Å². The molecule has 32 heavy (non-hydrogen) atoms. The number of hydrogen-bond donors (Lipinski definition) is 2. The van der Waals surface area contributed by atoms with Crippen molar-refractivity contribution in [3.05, 3.63) is 93.8 Å². The molecule has 0 saturated heterocycles. The number of rotatable bonds is 7. The first kappa shape index (κ1) is 21.6. The molecule has 0 atom stereocenters. The molecule has 1 heterocycles. The molecule has 0 radical (unpaired) electrons. The molecule has 0 unspecified atom stereocenters. The van der Waals surface area contributed by atoms with Crippen LogP contribution in [0.4, 0.5) is 4.39 Å². The number of fused-ring (bicyclic) bond motifs is 1. The number of benzene rings is 3. The Hall–Kier alpha value is -3.65. The fourth-order valence-electron chi connectivity index (χ4n) is 3.18. The molecular weight excluding hydrogens is 477 g/mol. The van der Waals surface area contributed by atoms with Crippen LogP contribution in [-0.4, -0.2) is 24.2 Å². The summed E-state index contributed by atoms with van der Waals surface area (Å²) < 4.78 is 25.0. The quantitative estimate of drug-likeness (QED) is 0.265. The molecule has 1 aromatic heterocycles. The van der Waals surface area contributed by atoms with Gasteiger partial charge in [0.1, 0.15) is 12.4 Å². The van der Waals surface area contributed by atoms with Gasteiger partial charge in [-0.2, -0.15) is 5.10 Å². The lowest BCUT2D eigenvalue weighted by atomic mass is 10.2. The van der Waals surface area contributed by atoms with Crippen molar-refractivity contribution in [2.24, 2.45) is 5.10 Å². The second kappa shape index (κ2) is 9.65. The molecule has 0 bridgehead atoms. The highest BCUT2D eigenvalue weighted by Crippen LogP contribution is 2.36. The van der Waals surface area contributed by atoms with E-state index < -0.39 is 0 Å². The van der Waals surface area contributed by atoms with Crippen LogP contribution in [0.5, 0.6) is 11.5 Å². The maximum absolute atomic E-state index is 13.1. The van der Waals surface area contributed by atoms with E-state index in [0.717, 1.165) is 16.5 Å². The highest BCUT2D eigenvalue weighted by atomic mass is 79.9. The van der Waals surface area contributed by atoms with Crippen LogP contribution in [0.25, 0.3) is 10.9 Å². The van der Waals surface area contributed by atoms with Gasteiger partial charge in [-0.05, 0) is 57.4 Å². The molecule has 8 heteroatoms. The molecule has 162 valence electrons. The van der Waals surface area contributed by atoms with Crippen molar-refractivity contribution in [1.82, 2.24) is 10.4 Å². The number of hydrogen-bond acceptors (Lipinski definition) is 4. The van der Waals surface area contributed by atoms with Gasteiger partial charge in [-0.3, -0.25) is 4.79 Å². The van der Waals surface area contributed by atoms with Gasteiger partial charge in [0.05, 0.1) is 23.4 Å². The lowest BCUT2D eigenvalue weighted by Gasteiger charge is -2.13. The zero-order valence-corrected chi connectivity index (χ0v) is 18.6. The van der Waals surface area contributed by atoms with Gasteiger partial charge in [-0.15, -0.1) is 0 Å². The molecule has 0 aliphatic carbocycles. The molecule has 0 aliphatic heterocycles. The Kier molecular flexibility index (Phi) is 6.51. The first-order valence-electron chi connectivity index (χ1n) is 9.69. The van der Waals surface area contributed by atoms with Crippen molar-refractivity contribution < 1.29 is 18.7 Å². The number of para-hydroxylation sites is 1. The van der Waals surface area contributed by atoms with E-state index >= 15 is 0 Å². The standard InChI is InChI=1S/C24H19BrFN3O3/c1-31-22-11-16(10-20(25)23(22)32-14-15-6-8-17(26)9-7-15)12-28-29-24(30)19-13-27-21-5-3-2-4-18(19)21/h2-13,27H,14H2,1H3,(H,29,30)/b28-12+. The average Bonchev–Trinajstić information content (AvgIpc) is 3.23. The number of H-pyrrole nitrogens is 1. The van der Waals surface area contributed by atoms with E-state index in [2.05, 4.69) is 31.4 Å². The molecule has 2 N–H and O–H groups in total.